The summed E-state index contributed by atoms with van der Waals surface area (Å²) in [5.74, 6) is 8.68. The Morgan fingerprint density at radius 3 is 2.32 bits per heavy atom. The number of esters is 1. The standard InChI is InChI=1S/C29H40O2/c1-3-7-23-11-13-25(14-12-23)9-5-6-10-26-17-21-28(22-18-26)31-29(30)27-19-15-24(8-4-2)16-20-27/h5,9,15-16,19-20,23,25-26,28H,3-4,7-8,11-14,17-18,21-22H2,1-2H3. The van der Waals surface area contributed by atoms with Crippen molar-refractivity contribution >= 4 is 5.97 Å². The average Bonchev–Trinajstić information content (AvgIpc) is 2.80. The molecule has 2 saturated carbocycles. The Labute approximate surface area is 189 Å². The molecule has 0 amide bonds. The zero-order valence-corrected chi connectivity index (χ0v) is 19.6. The zero-order chi connectivity index (χ0) is 21.9. The lowest BCUT2D eigenvalue weighted by molar-refractivity contribution is 0.0188. The molecule has 0 spiro atoms. The third-order valence-electron chi connectivity index (χ3n) is 7.00. The second-order valence-electron chi connectivity index (χ2n) is 9.54. The molecule has 2 nitrogen and oxygen atoms in total. The van der Waals surface area contributed by atoms with E-state index in [9.17, 15) is 4.79 Å². The Balaban J connectivity index is 1.36. The van der Waals surface area contributed by atoms with Crippen LogP contribution in [0, 0.1) is 29.6 Å². The molecule has 0 aromatic heterocycles. The van der Waals surface area contributed by atoms with Gasteiger partial charge in [0, 0.05) is 5.92 Å². The molecule has 0 radical (unpaired) electrons. The van der Waals surface area contributed by atoms with Crippen molar-refractivity contribution in [1.29, 1.82) is 0 Å². The van der Waals surface area contributed by atoms with Gasteiger partial charge >= 0.3 is 5.97 Å². The van der Waals surface area contributed by atoms with Crippen LogP contribution in [0.1, 0.15) is 100 Å². The summed E-state index contributed by atoms with van der Waals surface area (Å²) in [5.41, 5.74) is 1.94. The summed E-state index contributed by atoms with van der Waals surface area (Å²) >= 11 is 0. The lowest BCUT2D eigenvalue weighted by atomic mass is 9.80. The summed E-state index contributed by atoms with van der Waals surface area (Å²) < 4.78 is 5.76. The van der Waals surface area contributed by atoms with Gasteiger partial charge in [0.2, 0.25) is 0 Å². The minimum absolute atomic E-state index is 0.0368. The Morgan fingerprint density at radius 2 is 1.68 bits per heavy atom. The van der Waals surface area contributed by atoms with Crippen LogP contribution in [0.5, 0.6) is 0 Å². The summed E-state index contributed by atoms with van der Waals surface area (Å²) in [5, 5.41) is 0. The fraction of sp³-hybridized carbons (Fsp3) is 0.621. The Kier molecular flexibility index (Phi) is 9.73. The van der Waals surface area contributed by atoms with Crippen LogP contribution >= 0.6 is 0 Å². The first kappa shape index (κ1) is 23.6. The number of hydrogen-bond donors (Lipinski definition) is 0. The largest absolute Gasteiger partial charge is 0.459 e. The highest BCUT2D eigenvalue weighted by Gasteiger charge is 2.23. The van der Waals surface area contributed by atoms with Crippen LogP contribution in [-0.2, 0) is 11.2 Å². The van der Waals surface area contributed by atoms with E-state index in [1.54, 1.807) is 0 Å². The molecule has 0 heterocycles. The molecule has 168 valence electrons. The smallest absolute Gasteiger partial charge is 0.338 e. The van der Waals surface area contributed by atoms with E-state index < -0.39 is 0 Å². The minimum Gasteiger partial charge on any atom is -0.459 e. The van der Waals surface area contributed by atoms with E-state index >= 15 is 0 Å². The van der Waals surface area contributed by atoms with E-state index in [-0.39, 0.29) is 12.1 Å². The van der Waals surface area contributed by atoms with E-state index in [0.717, 1.165) is 50.4 Å². The zero-order valence-electron chi connectivity index (χ0n) is 19.6. The molecule has 0 atom stereocenters. The van der Waals surface area contributed by atoms with E-state index in [1.807, 2.05) is 24.3 Å². The SMILES string of the molecule is CCCc1ccc(C(=O)OC2CCC(C#CC=CC3CCC(CCC)CC3)CC2)cc1. The van der Waals surface area contributed by atoms with E-state index in [2.05, 4.69) is 37.8 Å². The van der Waals surface area contributed by atoms with Crippen LogP contribution in [0.25, 0.3) is 0 Å². The maximum Gasteiger partial charge on any atom is 0.338 e. The molecule has 0 saturated heterocycles. The summed E-state index contributed by atoms with van der Waals surface area (Å²) in [6.07, 6.45) is 18.7. The topological polar surface area (TPSA) is 26.3 Å². The maximum atomic E-state index is 12.4. The monoisotopic (exact) mass is 420 g/mol. The second kappa shape index (κ2) is 12.7. The summed E-state index contributed by atoms with van der Waals surface area (Å²) in [7, 11) is 0. The quantitative estimate of drug-likeness (QED) is 0.337. The molecular weight excluding hydrogens is 380 g/mol. The van der Waals surface area contributed by atoms with Gasteiger partial charge in [-0.3, -0.25) is 0 Å². The minimum atomic E-state index is -0.186. The summed E-state index contributed by atoms with van der Waals surface area (Å²) in [6, 6.07) is 7.87. The van der Waals surface area contributed by atoms with Crippen molar-refractivity contribution < 1.29 is 9.53 Å². The van der Waals surface area contributed by atoms with Crippen LogP contribution in [0.3, 0.4) is 0 Å². The third kappa shape index (κ3) is 7.88. The number of carbonyl (C=O) groups excluding carboxylic acids is 1. The van der Waals surface area contributed by atoms with Crippen molar-refractivity contribution in [3.05, 3.63) is 47.5 Å². The van der Waals surface area contributed by atoms with Gasteiger partial charge in [0.05, 0.1) is 5.56 Å². The maximum absolute atomic E-state index is 12.4. The van der Waals surface area contributed by atoms with Gasteiger partial charge in [0.15, 0.2) is 0 Å². The van der Waals surface area contributed by atoms with Gasteiger partial charge in [-0.2, -0.15) is 0 Å². The van der Waals surface area contributed by atoms with Crippen molar-refractivity contribution in [3.8, 4) is 11.8 Å². The average molecular weight is 421 g/mol. The van der Waals surface area contributed by atoms with Crippen molar-refractivity contribution in [2.24, 2.45) is 17.8 Å². The highest BCUT2D eigenvalue weighted by Crippen LogP contribution is 2.32. The molecule has 1 aromatic rings. The molecule has 2 heteroatoms. The summed E-state index contributed by atoms with van der Waals surface area (Å²) in [6.45, 7) is 4.46. The molecule has 2 fully saturated rings. The van der Waals surface area contributed by atoms with Crippen LogP contribution < -0.4 is 0 Å². The number of hydrogen-bond acceptors (Lipinski definition) is 2. The van der Waals surface area contributed by atoms with Crippen molar-refractivity contribution in [1.82, 2.24) is 0 Å². The van der Waals surface area contributed by atoms with E-state index in [4.69, 9.17) is 4.74 Å². The molecule has 0 unspecified atom stereocenters. The summed E-state index contributed by atoms with van der Waals surface area (Å²) in [4.78, 5) is 12.4. The molecule has 2 aliphatic rings. The molecule has 2 aliphatic carbocycles. The first-order valence-corrected chi connectivity index (χ1v) is 12.7. The first-order valence-electron chi connectivity index (χ1n) is 12.7. The van der Waals surface area contributed by atoms with Crippen LogP contribution in [0.4, 0.5) is 0 Å². The lowest BCUT2D eigenvalue weighted by Crippen LogP contribution is -2.24. The second-order valence-corrected chi connectivity index (χ2v) is 9.54. The normalized spacial score (nSPS) is 26.3. The fourth-order valence-electron chi connectivity index (χ4n) is 5.07. The van der Waals surface area contributed by atoms with Gasteiger partial charge in [0.1, 0.15) is 6.10 Å². The Morgan fingerprint density at radius 1 is 0.968 bits per heavy atom. The lowest BCUT2D eigenvalue weighted by Gasteiger charge is -2.26. The van der Waals surface area contributed by atoms with E-state index in [0.29, 0.717) is 11.5 Å². The first-order chi connectivity index (χ1) is 15.2. The Hall–Kier alpha value is -2.01. The van der Waals surface area contributed by atoms with Gasteiger partial charge in [-0.15, -0.1) is 0 Å². The van der Waals surface area contributed by atoms with Gasteiger partial charge < -0.3 is 4.74 Å². The van der Waals surface area contributed by atoms with Crippen LogP contribution in [0.2, 0.25) is 0 Å². The van der Waals surface area contributed by atoms with Gasteiger partial charge in [0.25, 0.3) is 0 Å². The molecule has 0 N–H and O–H groups in total. The fourth-order valence-corrected chi connectivity index (χ4v) is 5.07. The molecule has 3 rings (SSSR count). The highest BCUT2D eigenvalue weighted by molar-refractivity contribution is 5.89. The van der Waals surface area contributed by atoms with Gasteiger partial charge in [-0.1, -0.05) is 63.2 Å². The predicted molar refractivity (Wildman–Crippen MR) is 129 cm³/mol. The van der Waals surface area contributed by atoms with Crippen LogP contribution in [0.15, 0.2) is 36.4 Å². The molecular formula is C29H40O2. The number of ether oxygens (including phenoxy) is 1. The molecule has 1 aromatic carbocycles. The molecule has 31 heavy (non-hydrogen) atoms. The highest BCUT2D eigenvalue weighted by atomic mass is 16.5. The molecule has 0 aliphatic heterocycles. The van der Waals surface area contributed by atoms with Crippen molar-refractivity contribution in [2.45, 2.75) is 97.0 Å². The van der Waals surface area contributed by atoms with Crippen LogP contribution in [-0.4, -0.2) is 12.1 Å². The van der Waals surface area contributed by atoms with Crippen molar-refractivity contribution in [3.63, 3.8) is 0 Å². The van der Waals surface area contributed by atoms with Crippen molar-refractivity contribution in [2.75, 3.05) is 0 Å². The van der Waals surface area contributed by atoms with Gasteiger partial charge in [-0.25, -0.2) is 4.79 Å². The number of carbonyl (C=O) groups is 1. The van der Waals surface area contributed by atoms with E-state index in [1.165, 1.54) is 44.1 Å². The predicted octanol–water partition coefficient (Wildman–Crippen LogP) is 7.52. The Bertz CT molecular complexity index is 748. The van der Waals surface area contributed by atoms with Gasteiger partial charge in [-0.05, 0) is 93.4 Å². The number of aryl methyl sites for hydroxylation is 1. The number of benzene rings is 1. The third-order valence-corrected chi connectivity index (χ3v) is 7.00. The number of rotatable bonds is 7. The number of allylic oxidation sites excluding steroid dienone is 2. The molecule has 0 bridgehead atoms.